The molecule has 4 rings (SSSR count). The van der Waals surface area contributed by atoms with Gasteiger partial charge in [-0.1, -0.05) is 48.5 Å². The van der Waals surface area contributed by atoms with Gasteiger partial charge in [-0.05, 0) is 30.7 Å². The van der Waals surface area contributed by atoms with E-state index in [9.17, 15) is 9.18 Å². The molecule has 1 heterocycles. The smallest absolute Gasteiger partial charge is 0.193 e. The molecule has 0 aliphatic rings. The van der Waals surface area contributed by atoms with Crippen LogP contribution in [0.1, 0.15) is 21.5 Å². The van der Waals surface area contributed by atoms with Crippen LogP contribution >= 0.6 is 11.3 Å². The topological polar surface area (TPSA) is 30.0 Å². The van der Waals surface area contributed by atoms with Gasteiger partial charge in [-0.2, -0.15) is 0 Å². The predicted octanol–water partition coefficient (Wildman–Crippen LogP) is 5.64. The van der Waals surface area contributed by atoms with Crippen LogP contribution in [-0.4, -0.2) is 10.8 Å². The number of hydrogen-bond acceptors (Lipinski definition) is 3. The number of thiazole rings is 1. The molecule has 0 spiro atoms. The zero-order valence-electron chi connectivity index (χ0n) is 13.5. The van der Waals surface area contributed by atoms with E-state index in [1.807, 2.05) is 55.5 Å². The number of carbonyl (C=O) groups is 1. The number of carbonyl (C=O) groups excluding carboxylic acids is 1. The van der Waals surface area contributed by atoms with E-state index in [0.717, 1.165) is 26.4 Å². The Balaban J connectivity index is 1.90. The van der Waals surface area contributed by atoms with Gasteiger partial charge in [0.15, 0.2) is 5.78 Å². The lowest BCUT2D eigenvalue weighted by Gasteiger charge is -2.09. The van der Waals surface area contributed by atoms with Crippen LogP contribution in [0.3, 0.4) is 0 Å². The number of halogens is 1. The molecule has 4 aromatic rings. The highest BCUT2D eigenvalue weighted by atomic mass is 32.1. The second kappa shape index (κ2) is 6.22. The number of hydrogen-bond donors (Lipinski definition) is 0. The van der Waals surface area contributed by atoms with Gasteiger partial charge in [-0.15, -0.1) is 11.3 Å². The van der Waals surface area contributed by atoms with E-state index < -0.39 is 0 Å². The van der Waals surface area contributed by atoms with E-state index >= 15 is 0 Å². The Morgan fingerprint density at radius 2 is 1.80 bits per heavy atom. The zero-order valence-corrected chi connectivity index (χ0v) is 14.3. The zero-order chi connectivity index (χ0) is 17.4. The van der Waals surface area contributed by atoms with E-state index in [4.69, 9.17) is 0 Å². The first-order chi connectivity index (χ1) is 12.1. The van der Waals surface area contributed by atoms with E-state index in [1.54, 1.807) is 6.07 Å². The van der Waals surface area contributed by atoms with Gasteiger partial charge in [0.1, 0.15) is 10.8 Å². The summed E-state index contributed by atoms with van der Waals surface area (Å²) >= 11 is 1.40. The van der Waals surface area contributed by atoms with Gasteiger partial charge in [-0.25, -0.2) is 9.37 Å². The molecule has 4 heteroatoms. The normalized spacial score (nSPS) is 11.0. The highest BCUT2D eigenvalue weighted by Crippen LogP contribution is 2.35. The number of rotatable bonds is 3. The molecule has 0 N–H and O–H groups in total. The van der Waals surface area contributed by atoms with Gasteiger partial charge in [0, 0.05) is 16.7 Å². The Morgan fingerprint density at radius 3 is 2.60 bits per heavy atom. The third-order valence-corrected chi connectivity index (χ3v) is 5.15. The molecule has 25 heavy (non-hydrogen) atoms. The summed E-state index contributed by atoms with van der Waals surface area (Å²) in [7, 11) is 0. The molecule has 2 nitrogen and oxygen atoms in total. The summed E-state index contributed by atoms with van der Waals surface area (Å²) in [6.45, 7) is 1.96. The second-order valence-corrected chi connectivity index (χ2v) is 6.85. The molecule has 0 saturated heterocycles. The molecular formula is C21H14FNOS. The minimum Gasteiger partial charge on any atom is -0.289 e. The first-order valence-corrected chi connectivity index (χ1v) is 8.71. The Hall–Kier alpha value is -2.85. The van der Waals surface area contributed by atoms with Gasteiger partial charge in [-0.3, -0.25) is 4.79 Å². The van der Waals surface area contributed by atoms with Crippen molar-refractivity contribution in [1.82, 2.24) is 4.98 Å². The average Bonchev–Trinajstić information content (AvgIpc) is 3.04. The summed E-state index contributed by atoms with van der Waals surface area (Å²) in [5.74, 6) is -0.321. The monoisotopic (exact) mass is 347 g/mol. The van der Waals surface area contributed by atoms with Crippen LogP contribution in [-0.2, 0) is 0 Å². The molecule has 0 radical (unpaired) electrons. The van der Waals surface area contributed by atoms with Crippen LogP contribution in [0.4, 0.5) is 4.39 Å². The predicted molar refractivity (Wildman–Crippen MR) is 99.6 cm³/mol. The first-order valence-electron chi connectivity index (χ1n) is 7.89. The van der Waals surface area contributed by atoms with Crippen molar-refractivity contribution in [2.75, 3.05) is 0 Å². The fourth-order valence-corrected chi connectivity index (χ4v) is 4.01. The van der Waals surface area contributed by atoms with Crippen LogP contribution in [0, 0.1) is 12.7 Å². The summed E-state index contributed by atoms with van der Waals surface area (Å²) in [4.78, 5) is 17.6. The van der Waals surface area contributed by atoms with Crippen LogP contribution in [0.5, 0.6) is 0 Å². The summed E-state index contributed by atoms with van der Waals surface area (Å²) < 4.78 is 14.3. The van der Waals surface area contributed by atoms with E-state index in [2.05, 4.69) is 4.98 Å². The van der Waals surface area contributed by atoms with Crippen molar-refractivity contribution in [3.8, 4) is 10.6 Å². The fraction of sp³-hybridized carbons (Fsp3) is 0.0476. The van der Waals surface area contributed by atoms with Crippen LogP contribution < -0.4 is 0 Å². The summed E-state index contributed by atoms with van der Waals surface area (Å²) in [5, 5.41) is 0.734. The van der Waals surface area contributed by atoms with Crippen molar-refractivity contribution in [3.63, 3.8) is 0 Å². The number of ketones is 1. The SMILES string of the molecule is Cc1cccc(C(=O)c2ccccc2)c1-c1nc2ccc(F)cc2s1. The maximum Gasteiger partial charge on any atom is 0.193 e. The maximum absolute atomic E-state index is 13.5. The lowest BCUT2D eigenvalue weighted by Crippen LogP contribution is -2.04. The lowest BCUT2D eigenvalue weighted by molar-refractivity contribution is 0.103. The molecule has 0 saturated carbocycles. The Labute approximate surface area is 148 Å². The summed E-state index contributed by atoms with van der Waals surface area (Å²) in [5.41, 5.74) is 3.79. The highest BCUT2D eigenvalue weighted by Gasteiger charge is 2.19. The summed E-state index contributed by atoms with van der Waals surface area (Å²) in [6.07, 6.45) is 0. The standard InChI is InChI=1S/C21H14FNOS/c1-13-6-5-9-16(20(24)14-7-3-2-4-8-14)19(13)21-23-17-11-10-15(22)12-18(17)25-21/h2-12H,1H3. The van der Waals surface area contributed by atoms with Crippen molar-refractivity contribution in [2.24, 2.45) is 0 Å². The third-order valence-electron chi connectivity index (χ3n) is 4.12. The molecule has 0 atom stereocenters. The Bertz CT molecular complexity index is 1090. The van der Waals surface area contributed by atoms with E-state index in [0.29, 0.717) is 11.1 Å². The number of nitrogens with zero attached hydrogens (tertiary/aromatic N) is 1. The molecule has 1 aromatic heterocycles. The van der Waals surface area contributed by atoms with Crippen molar-refractivity contribution >= 4 is 27.3 Å². The molecule has 0 bridgehead atoms. The number of fused-ring (bicyclic) bond motifs is 1. The number of aryl methyl sites for hydroxylation is 1. The summed E-state index contributed by atoms with van der Waals surface area (Å²) in [6, 6.07) is 19.4. The quantitative estimate of drug-likeness (QED) is 0.449. The van der Waals surface area contributed by atoms with Gasteiger partial charge in [0.25, 0.3) is 0 Å². The third kappa shape index (κ3) is 2.85. The van der Waals surface area contributed by atoms with Crippen molar-refractivity contribution in [2.45, 2.75) is 6.92 Å². The number of benzene rings is 3. The van der Waals surface area contributed by atoms with Crippen LogP contribution in [0.25, 0.3) is 20.8 Å². The van der Waals surface area contributed by atoms with Gasteiger partial charge >= 0.3 is 0 Å². The largest absolute Gasteiger partial charge is 0.289 e. The van der Waals surface area contributed by atoms with Crippen LogP contribution in [0.15, 0.2) is 66.7 Å². The maximum atomic E-state index is 13.5. The molecule has 0 unspecified atom stereocenters. The van der Waals surface area contributed by atoms with Gasteiger partial charge in [0.2, 0.25) is 0 Å². The minimum absolute atomic E-state index is 0.0373. The molecule has 3 aromatic carbocycles. The lowest BCUT2D eigenvalue weighted by atomic mass is 9.95. The molecule has 0 aliphatic heterocycles. The highest BCUT2D eigenvalue weighted by molar-refractivity contribution is 7.21. The minimum atomic E-state index is -0.284. The van der Waals surface area contributed by atoms with Gasteiger partial charge in [0.05, 0.1) is 10.2 Å². The second-order valence-electron chi connectivity index (χ2n) is 5.82. The fourth-order valence-electron chi connectivity index (χ4n) is 2.89. The molecule has 0 fully saturated rings. The molecule has 0 aliphatic carbocycles. The van der Waals surface area contributed by atoms with E-state index in [-0.39, 0.29) is 11.6 Å². The Kier molecular flexibility index (Phi) is 3.90. The van der Waals surface area contributed by atoms with Crippen molar-refractivity contribution in [1.29, 1.82) is 0 Å². The Morgan fingerprint density at radius 1 is 1.00 bits per heavy atom. The average molecular weight is 347 g/mol. The molecule has 0 amide bonds. The number of aromatic nitrogens is 1. The first kappa shape index (κ1) is 15.7. The van der Waals surface area contributed by atoms with Crippen molar-refractivity contribution < 1.29 is 9.18 Å². The van der Waals surface area contributed by atoms with Crippen LogP contribution in [0.2, 0.25) is 0 Å². The van der Waals surface area contributed by atoms with Crippen molar-refractivity contribution in [3.05, 3.63) is 89.2 Å². The van der Waals surface area contributed by atoms with E-state index in [1.165, 1.54) is 23.5 Å². The molecular weight excluding hydrogens is 333 g/mol. The molecule has 122 valence electrons. The van der Waals surface area contributed by atoms with Gasteiger partial charge < -0.3 is 0 Å².